The molecule has 1 heterocycles. The molecule has 6 nitrogen and oxygen atoms in total. The summed E-state index contributed by atoms with van der Waals surface area (Å²) in [7, 11) is 0. The number of carbonyl (C=O) groups is 2. The molecule has 0 bridgehead atoms. The van der Waals surface area contributed by atoms with Crippen LogP contribution in [0.2, 0.25) is 0 Å². The number of aliphatic hydroxyl groups excluding tert-OH is 1. The van der Waals surface area contributed by atoms with E-state index in [9.17, 15) is 14.7 Å². The molecule has 0 aromatic heterocycles. The SMILES string of the molecule is CC(C)C(=O)NC1CC(C(C)O)CN(CCC(=O)O)C1. The highest BCUT2D eigenvalue weighted by Crippen LogP contribution is 2.20. The quantitative estimate of drug-likeness (QED) is 0.653. The highest BCUT2D eigenvalue weighted by molar-refractivity contribution is 5.78. The van der Waals surface area contributed by atoms with Crippen molar-refractivity contribution in [2.45, 2.75) is 45.8 Å². The van der Waals surface area contributed by atoms with Crippen LogP contribution in [0.5, 0.6) is 0 Å². The van der Waals surface area contributed by atoms with Gasteiger partial charge in [-0.3, -0.25) is 9.59 Å². The van der Waals surface area contributed by atoms with Crippen molar-refractivity contribution in [2.24, 2.45) is 11.8 Å². The first-order chi connectivity index (χ1) is 9.29. The summed E-state index contributed by atoms with van der Waals surface area (Å²) in [5, 5.41) is 21.5. The molecule has 0 saturated carbocycles. The summed E-state index contributed by atoms with van der Waals surface area (Å²) in [4.78, 5) is 24.4. The summed E-state index contributed by atoms with van der Waals surface area (Å²) in [6, 6.07) is -0.0213. The predicted octanol–water partition coefficient (Wildman–Crippen LogP) is 0.305. The zero-order valence-electron chi connectivity index (χ0n) is 12.5. The number of nitrogens with zero attached hydrogens (tertiary/aromatic N) is 1. The lowest BCUT2D eigenvalue weighted by atomic mass is 9.90. The zero-order chi connectivity index (χ0) is 15.3. The molecule has 0 aromatic carbocycles. The van der Waals surface area contributed by atoms with Gasteiger partial charge in [-0.15, -0.1) is 0 Å². The second kappa shape index (κ2) is 7.59. The summed E-state index contributed by atoms with van der Waals surface area (Å²) in [5.74, 6) is -0.837. The molecule has 1 amide bonds. The van der Waals surface area contributed by atoms with E-state index in [1.165, 1.54) is 0 Å². The highest BCUT2D eigenvalue weighted by atomic mass is 16.4. The Bertz CT molecular complexity index is 344. The third kappa shape index (κ3) is 5.46. The summed E-state index contributed by atoms with van der Waals surface area (Å²) in [6.45, 7) is 7.20. The van der Waals surface area contributed by atoms with E-state index in [4.69, 9.17) is 5.11 Å². The molecular formula is C14H26N2O4. The smallest absolute Gasteiger partial charge is 0.304 e. The molecule has 1 rings (SSSR count). The van der Waals surface area contributed by atoms with Crippen molar-refractivity contribution in [1.82, 2.24) is 10.2 Å². The predicted molar refractivity (Wildman–Crippen MR) is 75.2 cm³/mol. The molecule has 0 aromatic rings. The Morgan fingerprint density at radius 3 is 2.45 bits per heavy atom. The average molecular weight is 286 g/mol. The van der Waals surface area contributed by atoms with Gasteiger partial charge in [-0.05, 0) is 19.3 Å². The topological polar surface area (TPSA) is 89.9 Å². The largest absolute Gasteiger partial charge is 0.481 e. The van der Waals surface area contributed by atoms with E-state index in [0.717, 1.165) is 6.42 Å². The van der Waals surface area contributed by atoms with Gasteiger partial charge in [0.2, 0.25) is 5.91 Å². The fourth-order valence-corrected chi connectivity index (χ4v) is 2.49. The van der Waals surface area contributed by atoms with E-state index in [-0.39, 0.29) is 30.2 Å². The number of hydrogen-bond donors (Lipinski definition) is 3. The standard InChI is InChI=1S/C14H26N2O4/c1-9(2)14(20)15-12-6-11(10(3)17)7-16(8-12)5-4-13(18)19/h9-12,17H,4-8H2,1-3H3,(H,15,20)(H,18,19). The molecule has 0 spiro atoms. The minimum absolute atomic E-state index is 0.000530. The van der Waals surface area contributed by atoms with Crippen LogP contribution in [0.25, 0.3) is 0 Å². The maximum absolute atomic E-state index is 11.8. The normalized spacial score (nSPS) is 25.4. The molecular weight excluding hydrogens is 260 g/mol. The highest BCUT2D eigenvalue weighted by Gasteiger charge is 2.31. The molecule has 116 valence electrons. The maximum Gasteiger partial charge on any atom is 0.304 e. The van der Waals surface area contributed by atoms with Gasteiger partial charge in [0, 0.05) is 31.6 Å². The fourth-order valence-electron chi connectivity index (χ4n) is 2.49. The second-order valence-electron chi connectivity index (χ2n) is 6.00. The van der Waals surface area contributed by atoms with Crippen LogP contribution >= 0.6 is 0 Å². The zero-order valence-corrected chi connectivity index (χ0v) is 12.5. The second-order valence-corrected chi connectivity index (χ2v) is 6.00. The Morgan fingerprint density at radius 1 is 1.30 bits per heavy atom. The number of likely N-dealkylation sites (tertiary alicyclic amines) is 1. The van der Waals surface area contributed by atoms with Crippen molar-refractivity contribution < 1.29 is 19.8 Å². The molecule has 1 aliphatic heterocycles. The van der Waals surface area contributed by atoms with E-state index >= 15 is 0 Å². The summed E-state index contributed by atoms with van der Waals surface area (Å²) < 4.78 is 0. The maximum atomic E-state index is 11.8. The van der Waals surface area contributed by atoms with Crippen molar-refractivity contribution >= 4 is 11.9 Å². The number of carbonyl (C=O) groups excluding carboxylic acids is 1. The van der Waals surface area contributed by atoms with Gasteiger partial charge in [-0.2, -0.15) is 0 Å². The Labute approximate surface area is 120 Å². The first kappa shape index (κ1) is 16.9. The summed E-state index contributed by atoms with van der Waals surface area (Å²) >= 11 is 0. The number of aliphatic carboxylic acids is 1. The lowest BCUT2D eigenvalue weighted by Crippen LogP contribution is -2.53. The minimum atomic E-state index is -0.827. The summed E-state index contributed by atoms with van der Waals surface area (Å²) in [6.07, 6.45) is 0.359. The van der Waals surface area contributed by atoms with E-state index in [0.29, 0.717) is 19.6 Å². The number of carboxylic acids is 1. The van der Waals surface area contributed by atoms with Crippen LogP contribution in [-0.4, -0.2) is 58.8 Å². The summed E-state index contributed by atoms with van der Waals surface area (Å²) in [5.41, 5.74) is 0. The van der Waals surface area contributed by atoms with Gasteiger partial charge < -0.3 is 20.4 Å². The van der Waals surface area contributed by atoms with Crippen LogP contribution in [0.1, 0.15) is 33.6 Å². The van der Waals surface area contributed by atoms with Crippen LogP contribution in [0.4, 0.5) is 0 Å². The van der Waals surface area contributed by atoms with Gasteiger partial charge in [-0.1, -0.05) is 13.8 Å². The molecule has 3 unspecified atom stereocenters. The average Bonchev–Trinajstić information content (AvgIpc) is 2.35. The third-order valence-corrected chi connectivity index (χ3v) is 3.75. The van der Waals surface area contributed by atoms with Crippen molar-refractivity contribution in [2.75, 3.05) is 19.6 Å². The number of nitrogens with one attached hydrogen (secondary N) is 1. The molecule has 20 heavy (non-hydrogen) atoms. The lowest BCUT2D eigenvalue weighted by Gasteiger charge is -2.39. The molecule has 0 radical (unpaired) electrons. The van der Waals surface area contributed by atoms with Crippen LogP contribution < -0.4 is 5.32 Å². The van der Waals surface area contributed by atoms with Gasteiger partial charge >= 0.3 is 5.97 Å². The lowest BCUT2D eigenvalue weighted by molar-refractivity contribution is -0.137. The number of amides is 1. The van der Waals surface area contributed by atoms with Crippen molar-refractivity contribution in [1.29, 1.82) is 0 Å². The number of hydrogen-bond acceptors (Lipinski definition) is 4. The molecule has 1 saturated heterocycles. The first-order valence-corrected chi connectivity index (χ1v) is 7.22. The van der Waals surface area contributed by atoms with E-state index in [1.807, 2.05) is 18.7 Å². The Kier molecular flexibility index (Phi) is 6.42. The minimum Gasteiger partial charge on any atom is -0.481 e. The first-order valence-electron chi connectivity index (χ1n) is 7.22. The van der Waals surface area contributed by atoms with Crippen molar-refractivity contribution in [3.63, 3.8) is 0 Å². The van der Waals surface area contributed by atoms with Gasteiger partial charge in [0.15, 0.2) is 0 Å². The van der Waals surface area contributed by atoms with Gasteiger partial charge in [0.25, 0.3) is 0 Å². The van der Waals surface area contributed by atoms with E-state index in [2.05, 4.69) is 5.32 Å². The van der Waals surface area contributed by atoms with Crippen LogP contribution in [0, 0.1) is 11.8 Å². The number of rotatable bonds is 6. The monoisotopic (exact) mass is 286 g/mol. The Hall–Kier alpha value is -1.14. The fraction of sp³-hybridized carbons (Fsp3) is 0.857. The van der Waals surface area contributed by atoms with Crippen LogP contribution in [0.15, 0.2) is 0 Å². The molecule has 0 aliphatic carbocycles. The molecule has 3 atom stereocenters. The van der Waals surface area contributed by atoms with Crippen molar-refractivity contribution in [3.8, 4) is 0 Å². The van der Waals surface area contributed by atoms with E-state index < -0.39 is 12.1 Å². The molecule has 3 N–H and O–H groups in total. The van der Waals surface area contributed by atoms with E-state index in [1.54, 1.807) is 6.92 Å². The van der Waals surface area contributed by atoms with Gasteiger partial charge in [-0.25, -0.2) is 0 Å². The molecule has 1 aliphatic rings. The number of carboxylic acid groups (broad SMARTS) is 1. The number of aliphatic hydroxyl groups is 1. The molecule has 1 fully saturated rings. The Balaban J connectivity index is 2.60. The molecule has 6 heteroatoms. The third-order valence-electron chi connectivity index (χ3n) is 3.75. The number of piperidine rings is 1. The van der Waals surface area contributed by atoms with Gasteiger partial charge in [0.1, 0.15) is 0 Å². The van der Waals surface area contributed by atoms with Crippen molar-refractivity contribution in [3.05, 3.63) is 0 Å². The van der Waals surface area contributed by atoms with Crippen LogP contribution in [0.3, 0.4) is 0 Å². The van der Waals surface area contributed by atoms with Gasteiger partial charge in [0.05, 0.1) is 12.5 Å². The Morgan fingerprint density at radius 2 is 1.95 bits per heavy atom. The van der Waals surface area contributed by atoms with Crippen LogP contribution in [-0.2, 0) is 9.59 Å².